The van der Waals surface area contributed by atoms with Gasteiger partial charge in [-0.25, -0.2) is 4.79 Å². The van der Waals surface area contributed by atoms with Crippen LogP contribution in [0.2, 0.25) is 0 Å². The number of carbonyl (C=O) groups is 1. The van der Waals surface area contributed by atoms with E-state index in [4.69, 9.17) is 37.4 Å². The van der Waals surface area contributed by atoms with Crippen molar-refractivity contribution in [3.05, 3.63) is 45.6 Å². The van der Waals surface area contributed by atoms with Crippen molar-refractivity contribution < 1.29 is 37.7 Å². The number of benzene rings is 1. The second-order valence-corrected chi connectivity index (χ2v) is 9.35. The summed E-state index contributed by atoms with van der Waals surface area (Å²) >= 11 is 12.7. The number of carbonyl (C=O) groups excluding carboxylic acids is 1. The lowest BCUT2D eigenvalue weighted by molar-refractivity contribution is -0.164. The molecule has 1 unspecified atom stereocenters. The molecule has 2 aliphatic heterocycles. The quantitative estimate of drug-likeness (QED) is 0.429. The first-order valence-electron chi connectivity index (χ1n) is 11.2. The lowest BCUT2D eigenvalue weighted by atomic mass is 9.99. The number of hydrogen-bond donors (Lipinski definition) is 2. The largest absolute Gasteiger partial charge is 0.489 e. The van der Waals surface area contributed by atoms with E-state index < -0.39 is 24.8 Å². The first-order valence-corrected chi connectivity index (χ1v) is 12.0. The standard InChI is InChI=1S/C23H26Cl2F2N2O6/c24-16-10-29(31)11-17(25)15(16)8-19(34-22(30)21-9-28-5-6-32-21)14-3-4-18(35-23(26)27)20(7-14)33-12-13-1-2-13/h3-4,7,10,13,19,21,23,28,31H,1-2,5-6,8-9,11-12H2/t19-,21?/m0/s1. The van der Waals surface area contributed by atoms with Crippen LogP contribution in [0.4, 0.5) is 8.78 Å². The number of halogens is 4. The Morgan fingerprint density at radius 2 is 2.09 bits per heavy atom. The van der Waals surface area contributed by atoms with Gasteiger partial charge >= 0.3 is 12.6 Å². The maximum atomic E-state index is 12.9. The van der Waals surface area contributed by atoms with E-state index in [1.807, 2.05) is 0 Å². The van der Waals surface area contributed by atoms with Crippen molar-refractivity contribution in [2.45, 2.75) is 38.1 Å². The topological polar surface area (TPSA) is 89.5 Å². The number of morpholine rings is 1. The Morgan fingerprint density at radius 3 is 2.74 bits per heavy atom. The van der Waals surface area contributed by atoms with Gasteiger partial charge in [-0.05, 0) is 42.0 Å². The van der Waals surface area contributed by atoms with E-state index in [0.29, 0.717) is 43.4 Å². The van der Waals surface area contributed by atoms with Gasteiger partial charge in [0.2, 0.25) is 0 Å². The Kier molecular flexibility index (Phi) is 8.72. The van der Waals surface area contributed by atoms with Gasteiger partial charge in [0.1, 0.15) is 6.10 Å². The highest BCUT2D eigenvalue weighted by atomic mass is 35.5. The number of rotatable bonds is 10. The molecule has 2 N–H and O–H groups in total. The summed E-state index contributed by atoms with van der Waals surface area (Å²) in [6, 6.07) is 4.39. The van der Waals surface area contributed by atoms with Gasteiger partial charge in [0.05, 0.1) is 24.8 Å². The van der Waals surface area contributed by atoms with E-state index in [1.54, 1.807) is 0 Å². The number of alkyl halides is 2. The van der Waals surface area contributed by atoms with Crippen LogP contribution in [-0.4, -0.2) is 61.8 Å². The maximum absolute atomic E-state index is 12.9. The molecule has 0 spiro atoms. The summed E-state index contributed by atoms with van der Waals surface area (Å²) in [5.74, 6) is -0.206. The molecule has 1 aromatic carbocycles. The number of nitrogens with zero attached hydrogens (tertiary/aromatic N) is 1. The molecule has 2 heterocycles. The molecule has 8 nitrogen and oxygen atoms in total. The maximum Gasteiger partial charge on any atom is 0.387 e. The van der Waals surface area contributed by atoms with Crippen LogP contribution >= 0.6 is 23.2 Å². The van der Waals surface area contributed by atoms with E-state index in [9.17, 15) is 18.8 Å². The third kappa shape index (κ3) is 7.20. The summed E-state index contributed by atoms with van der Waals surface area (Å²) in [6.07, 6.45) is 1.71. The molecule has 4 rings (SSSR count). The third-order valence-electron chi connectivity index (χ3n) is 5.74. The van der Waals surface area contributed by atoms with Crippen molar-refractivity contribution in [1.82, 2.24) is 10.4 Å². The van der Waals surface area contributed by atoms with Gasteiger partial charge in [0.15, 0.2) is 17.6 Å². The normalized spacial score (nSPS) is 21.6. The Morgan fingerprint density at radius 1 is 1.29 bits per heavy atom. The van der Waals surface area contributed by atoms with Crippen molar-refractivity contribution in [3.8, 4) is 11.5 Å². The Bertz CT molecular complexity index is 983. The molecule has 0 bridgehead atoms. The second kappa shape index (κ2) is 11.7. The molecule has 1 aromatic rings. The number of allylic oxidation sites excluding steroid dienone is 1. The molecule has 0 aromatic heterocycles. The van der Waals surface area contributed by atoms with Gasteiger partial charge < -0.3 is 24.3 Å². The van der Waals surface area contributed by atoms with Crippen LogP contribution in [-0.2, 0) is 14.3 Å². The molecular formula is C23H26Cl2F2N2O6. The fourth-order valence-electron chi connectivity index (χ4n) is 3.70. The smallest absolute Gasteiger partial charge is 0.387 e. The summed E-state index contributed by atoms with van der Waals surface area (Å²) in [5.41, 5.74) is 0.954. The number of hydrogen-bond acceptors (Lipinski definition) is 8. The average Bonchev–Trinajstić information content (AvgIpc) is 3.64. The monoisotopic (exact) mass is 534 g/mol. The minimum absolute atomic E-state index is 0.0142. The van der Waals surface area contributed by atoms with Crippen LogP contribution in [0.3, 0.4) is 0 Å². The van der Waals surface area contributed by atoms with Crippen LogP contribution in [0, 0.1) is 5.92 Å². The van der Waals surface area contributed by atoms with Crippen molar-refractivity contribution in [3.63, 3.8) is 0 Å². The van der Waals surface area contributed by atoms with E-state index in [1.165, 1.54) is 24.4 Å². The zero-order chi connectivity index (χ0) is 24.9. The van der Waals surface area contributed by atoms with Crippen molar-refractivity contribution in [2.24, 2.45) is 5.92 Å². The molecule has 1 saturated heterocycles. The van der Waals surface area contributed by atoms with Crippen LogP contribution in [0.5, 0.6) is 11.5 Å². The van der Waals surface area contributed by atoms with Gasteiger partial charge in [0, 0.05) is 30.7 Å². The Labute approximate surface area is 211 Å². The first kappa shape index (κ1) is 26.0. The van der Waals surface area contributed by atoms with Gasteiger partial charge in [-0.15, -0.1) is 0 Å². The lowest BCUT2D eigenvalue weighted by Gasteiger charge is -2.28. The van der Waals surface area contributed by atoms with Crippen molar-refractivity contribution in [2.75, 3.05) is 32.8 Å². The SMILES string of the molecule is O=C(O[C@@H](CC1=C(Cl)CN(O)C=C1Cl)c1ccc(OC(F)F)c(OCC2CC2)c1)C1CNCCO1. The molecule has 192 valence electrons. The molecule has 1 aliphatic carbocycles. The molecule has 3 aliphatic rings. The van der Waals surface area contributed by atoms with Crippen LogP contribution < -0.4 is 14.8 Å². The molecule has 2 fully saturated rings. The fourth-order valence-corrected chi connectivity index (χ4v) is 4.35. The number of hydroxylamine groups is 2. The average molecular weight is 535 g/mol. The predicted octanol–water partition coefficient (Wildman–Crippen LogP) is 4.32. The highest BCUT2D eigenvalue weighted by molar-refractivity contribution is 6.36. The zero-order valence-electron chi connectivity index (χ0n) is 18.7. The summed E-state index contributed by atoms with van der Waals surface area (Å²) < 4.78 is 47.6. The van der Waals surface area contributed by atoms with E-state index in [-0.39, 0.29) is 34.5 Å². The Balaban J connectivity index is 1.62. The molecule has 0 amide bonds. The molecule has 12 heteroatoms. The second-order valence-electron chi connectivity index (χ2n) is 8.49. The molecular weight excluding hydrogens is 509 g/mol. The third-order valence-corrected chi connectivity index (χ3v) is 6.42. The molecule has 2 atom stereocenters. The Hall–Kier alpha value is -2.11. The predicted molar refractivity (Wildman–Crippen MR) is 123 cm³/mol. The van der Waals surface area contributed by atoms with Crippen LogP contribution in [0.15, 0.2) is 40.0 Å². The van der Waals surface area contributed by atoms with Crippen molar-refractivity contribution in [1.29, 1.82) is 0 Å². The highest BCUT2D eigenvalue weighted by Gasteiger charge is 2.30. The number of ether oxygens (including phenoxy) is 4. The zero-order valence-corrected chi connectivity index (χ0v) is 20.2. The molecule has 0 radical (unpaired) electrons. The van der Waals surface area contributed by atoms with Gasteiger partial charge in [-0.3, -0.25) is 10.3 Å². The summed E-state index contributed by atoms with van der Waals surface area (Å²) in [5, 5.41) is 14.1. The fraction of sp³-hybridized carbons (Fsp3) is 0.522. The highest BCUT2D eigenvalue weighted by Crippen LogP contribution is 2.40. The van der Waals surface area contributed by atoms with E-state index in [2.05, 4.69) is 10.1 Å². The van der Waals surface area contributed by atoms with Gasteiger partial charge in [-0.1, -0.05) is 29.3 Å². The van der Waals surface area contributed by atoms with Crippen LogP contribution in [0.1, 0.15) is 30.9 Å². The minimum Gasteiger partial charge on any atom is -0.489 e. The summed E-state index contributed by atoms with van der Waals surface area (Å²) in [7, 11) is 0. The van der Waals surface area contributed by atoms with Crippen molar-refractivity contribution >= 4 is 29.2 Å². The number of esters is 1. The van der Waals surface area contributed by atoms with E-state index in [0.717, 1.165) is 17.9 Å². The summed E-state index contributed by atoms with van der Waals surface area (Å²) in [6.45, 7) is -1.35. The molecule has 35 heavy (non-hydrogen) atoms. The minimum atomic E-state index is -3.02. The number of nitrogens with one attached hydrogen (secondary N) is 1. The van der Waals surface area contributed by atoms with Gasteiger partial charge in [-0.2, -0.15) is 8.78 Å². The first-order chi connectivity index (χ1) is 16.8. The lowest BCUT2D eigenvalue weighted by Crippen LogP contribution is -2.44. The summed E-state index contributed by atoms with van der Waals surface area (Å²) in [4.78, 5) is 12.9. The van der Waals surface area contributed by atoms with E-state index >= 15 is 0 Å². The van der Waals surface area contributed by atoms with Gasteiger partial charge in [0.25, 0.3) is 0 Å². The molecule has 1 saturated carbocycles. The van der Waals surface area contributed by atoms with Crippen LogP contribution in [0.25, 0.3) is 0 Å².